The number of rotatable bonds is 5. The number of benzene rings is 2. The van der Waals surface area contributed by atoms with Crippen molar-refractivity contribution >= 4 is 51.3 Å². The van der Waals surface area contributed by atoms with E-state index in [0.29, 0.717) is 15.6 Å². The van der Waals surface area contributed by atoms with Crippen LogP contribution >= 0.6 is 22.9 Å². The third kappa shape index (κ3) is 4.24. The Kier molecular flexibility index (Phi) is 5.87. The highest BCUT2D eigenvalue weighted by molar-refractivity contribution is 7.12. The maximum Gasteiger partial charge on any atom is 0.265 e. The predicted octanol–water partition coefficient (Wildman–Crippen LogP) is 4.86. The summed E-state index contributed by atoms with van der Waals surface area (Å²) in [6.45, 7) is 4.50. The molecule has 6 nitrogen and oxygen atoms in total. The van der Waals surface area contributed by atoms with Gasteiger partial charge in [-0.2, -0.15) is 0 Å². The van der Waals surface area contributed by atoms with Crippen molar-refractivity contribution < 1.29 is 4.79 Å². The summed E-state index contributed by atoms with van der Waals surface area (Å²) in [5.74, 6) is 0.975. The van der Waals surface area contributed by atoms with Gasteiger partial charge in [0.15, 0.2) is 0 Å². The van der Waals surface area contributed by atoms with Crippen molar-refractivity contribution in [2.75, 3.05) is 36.4 Å². The molecule has 164 valence electrons. The first-order chi connectivity index (χ1) is 15.6. The van der Waals surface area contributed by atoms with Crippen LogP contribution in [0.3, 0.4) is 0 Å². The molecule has 0 radical (unpaired) electrons. The van der Waals surface area contributed by atoms with E-state index in [4.69, 9.17) is 16.6 Å². The van der Waals surface area contributed by atoms with Crippen LogP contribution in [0.1, 0.15) is 15.5 Å². The second kappa shape index (κ2) is 8.94. The van der Waals surface area contributed by atoms with Gasteiger partial charge in [-0.25, -0.2) is 4.98 Å². The van der Waals surface area contributed by atoms with Crippen LogP contribution in [0.2, 0.25) is 5.02 Å². The van der Waals surface area contributed by atoms with Crippen molar-refractivity contribution in [1.82, 2.24) is 14.5 Å². The van der Waals surface area contributed by atoms with E-state index >= 15 is 0 Å². The number of amides is 1. The van der Waals surface area contributed by atoms with Crippen LogP contribution in [-0.4, -0.2) is 46.5 Å². The lowest BCUT2D eigenvalue weighted by Crippen LogP contribution is -2.46. The highest BCUT2D eigenvalue weighted by Crippen LogP contribution is 2.30. The maximum atomic E-state index is 12.3. The molecule has 1 fully saturated rings. The molecule has 32 heavy (non-hydrogen) atoms. The molecule has 1 aliphatic heterocycles. The summed E-state index contributed by atoms with van der Waals surface area (Å²) >= 11 is 8.00. The van der Waals surface area contributed by atoms with Crippen LogP contribution in [0.25, 0.3) is 11.0 Å². The number of hydrogen-bond acceptors (Lipinski definition) is 5. The largest absolute Gasteiger partial charge is 0.368 e. The molecule has 5 rings (SSSR count). The molecule has 0 saturated carbocycles. The fourth-order valence-corrected chi connectivity index (χ4v) is 5.04. The number of carbonyl (C=O) groups is 1. The first-order valence-electron chi connectivity index (χ1n) is 10.6. The first-order valence-corrected chi connectivity index (χ1v) is 11.9. The number of aryl methyl sites for hydroxylation is 1. The summed E-state index contributed by atoms with van der Waals surface area (Å²) in [6, 6.07) is 17.7. The number of nitrogens with zero attached hydrogens (tertiary/aromatic N) is 4. The Balaban J connectivity index is 1.21. The van der Waals surface area contributed by atoms with Crippen LogP contribution in [0, 0.1) is 0 Å². The topological polar surface area (TPSA) is 53.4 Å². The lowest BCUT2D eigenvalue weighted by Gasteiger charge is -2.36. The van der Waals surface area contributed by atoms with Gasteiger partial charge in [0.1, 0.15) is 5.82 Å². The molecule has 2 aromatic carbocycles. The van der Waals surface area contributed by atoms with Crippen molar-refractivity contribution in [2.24, 2.45) is 7.05 Å². The molecule has 0 unspecified atom stereocenters. The Morgan fingerprint density at radius 1 is 1.09 bits per heavy atom. The second-order valence-electron chi connectivity index (χ2n) is 7.94. The highest BCUT2D eigenvalue weighted by Gasteiger charge is 2.21. The fraction of sp³-hybridized carbons (Fsp3) is 0.250. The summed E-state index contributed by atoms with van der Waals surface area (Å²) in [7, 11) is 2.08. The predicted molar refractivity (Wildman–Crippen MR) is 132 cm³/mol. The van der Waals surface area contributed by atoms with Crippen LogP contribution in [0.15, 0.2) is 60.0 Å². The number of thiophene rings is 1. The molecule has 8 heteroatoms. The molecular formula is C24H24ClN5OS. The van der Waals surface area contributed by atoms with E-state index in [2.05, 4.69) is 44.9 Å². The lowest BCUT2D eigenvalue weighted by molar-refractivity contribution is 0.103. The van der Waals surface area contributed by atoms with Crippen molar-refractivity contribution in [1.29, 1.82) is 0 Å². The second-order valence-corrected chi connectivity index (χ2v) is 9.29. The highest BCUT2D eigenvalue weighted by atomic mass is 35.5. The molecule has 3 heterocycles. The molecular weight excluding hydrogens is 442 g/mol. The number of imidazole rings is 1. The zero-order valence-electron chi connectivity index (χ0n) is 17.8. The molecule has 4 aromatic rings. The van der Waals surface area contributed by atoms with Gasteiger partial charge in [-0.15, -0.1) is 11.3 Å². The minimum atomic E-state index is -0.112. The SMILES string of the molecule is Cn1c(CN2CCN(c3ccc(NC(=O)c4cccs4)cc3Cl)CC2)nc2ccccc21. The first kappa shape index (κ1) is 21.0. The molecule has 1 N–H and O–H groups in total. The normalized spacial score (nSPS) is 14.8. The Morgan fingerprint density at radius 3 is 2.62 bits per heavy atom. The zero-order valence-corrected chi connectivity index (χ0v) is 19.4. The average molecular weight is 466 g/mol. The van der Waals surface area contributed by atoms with E-state index < -0.39 is 0 Å². The van der Waals surface area contributed by atoms with E-state index in [1.807, 2.05) is 41.8 Å². The molecule has 1 saturated heterocycles. The monoisotopic (exact) mass is 465 g/mol. The van der Waals surface area contributed by atoms with E-state index in [1.165, 1.54) is 16.9 Å². The van der Waals surface area contributed by atoms with Crippen LogP contribution < -0.4 is 10.2 Å². The summed E-state index contributed by atoms with van der Waals surface area (Å²) in [6.07, 6.45) is 0. The van der Waals surface area contributed by atoms with Crippen LogP contribution in [0.5, 0.6) is 0 Å². The van der Waals surface area contributed by atoms with Crippen molar-refractivity contribution in [2.45, 2.75) is 6.54 Å². The third-order valence-electron chi connectivity index (χ3n) is 5.91. The van der Waals surface area contributed by atoms with Crippen molar-refractivity contribution in [3.05, 3.63) is 75.7 Å². The zero-order chi connectivity index (χ0) is 22.1. The van der Waals surface area contributed by atoms with Gasteiger partial charge in [0.2, 0.25) is 0 Å². The minimum Gasteiger partial charge on any atom is -0.368 e. The molecule has 0 atom stereocenters. The maximum absolute atomic E-state index is 12.3. The molecule has 1 aliphatic rings. The van der Waals surface area contributed by atoms with Gasteiger partial charge in [-0.1, -0.05) is 29.8 Å². The van der Waals surface area contributed by atoms with E-state index in [0.717, 1.165) is 49.8 Å². The van der Waals surface area contributed by atoms with E-state index in [1.54, 1.807) is 0 Å². The lowest BCUT2D eigenvalue weighted by atomic mass is 10.2. The smallest absolute Gasteiger partial charge is 0.265 e. The van der Waals surface area contributed by atoms with Gasteiger partial charge in [0.25, 0.3) is 5.91 Å². The Morgan fingerprint density at radius 2 is 1.91 bits per heavy atom. The number of para-hydroxylation sites is 2. The number of halogens is 1. The summed E-state index contributed by atoms with van der Waals surface area (Å²) < 4.78 is 2.18. The van der Waals surface area contributed by atoms with Crippen molar-refractivity contribution in [3.8, 4) is 0 Å². The van der Waals surface area contributed by atoms with Gasteiger partial charge < -0.3 is 14.8 Å². The Labute approximate surface area is 196 Å². The Hall–Kier alpha value is -2.87. The molecule has 0 bridgehead atoms. The standard InChI is InChI=1S/C24H24ClN5OS/c1-28-21-6-3-2-5-19(21)27-23(28)16-29-10-12-30(13-11-29)20-9-8-17(15-18(20)25)26-24(31)22-7-4-14-32-22/h2-9,14-15H,10-13,16H2,1H3,(H,26,31). The summed E-state index contributed by atoms with van der Waals surface area (Å²) in [4.78, 5) is 22.5. The number of fused-ring (bicyclic) bond motifs is 1. The van der Waals surface area contributed by atoms with Gasteiger partial charge in [-0.05, 0) is 41.8 Å². The summed E-state index contributed by atoms with van der Waals surface area (Å²) in [5.41, 5.74) is 3.92. The number of aromatic nitrogens is 2. The number of carbonyl (C=O) groups excluding carboxylic acids is 1. The van der Waals surface area contributed by atoms with Crippen LogP contribution in [-0.2, 0) is 13.6 Å². The molecule has 1 amide bonds. The number of nitrogens with one attached hydrogen (secondary N) is 1. The fourth-order valence-electron chi connectivity index (χ4n) is 4.13. The van der Waals surface area contributed by atoms with E-state index in [9.17, 15) is 4.79 Å². The van der Waals surface area contributed by atoms with Crippen molar-refractivity contribution in [3.63, 3.8) is 0 Å². The number of piperazine rings is 1. The molecule has 2 aromatic heterocycles. The van der Waals surface area contributed by atoms with Gasteiger partial charge in [-0.3, -0.25) is 9.69 Å². The Bertz CT molecular complexity index is 1240. The number of anilines is 2. The molecule has 0 spiro atoms. The quantitative estimate of drug-likeness (QED) is 0.457. The number of hydrogen-bond donors (Lipinski definition) is 1. The van der Waals surface area contributed by atoms with Gasteiger partial charge in [0, 0.05) is 38.9 Å². The molecule has 0 aliphatic carbocycles. The van der Waals surface area contributed by atoms with Gasteiger partial charge >= 0.3 is 0 Å². The summed E-state index contributed by atoms with van der Waals surface area (Å²) in [5, 5.41) is 5.46. The minimum absolute atomic E-state index is 0.112. The van der Waals surface area contributed by atoms with E-state index in [-0.39, 0.29) is 5.91 Å². The third-order valence-corrected chi connectivity index (χ3v) is 7.08. The van der Waals surface area contributed by atoms with Crippen LogP contribution in [0.4, 0.5) is 11.4 Å². The van der Waals surface area contributed by atoms with Gasteiger partial charge in [0.05, 0.1) is 33.2 Å². The average Bonchev–Trinajstić information content (AvgIpc) is 3.44.